The highest BCUT2D eigenvalue weighted by molar-refractivity contribution is 6.03. The molecule has 0 aliphatic rings. The Kier molecular flexibility index (Phi) is 5.27. The predicted molar refractivity (Wildman–Crippen MR) is 96.4 cm³/mol. The largest absolute Gasteiger partial charge is 0.444 e. The number of hydrogen-bond donors (Lipinski definition) is 3. The standard InChI is InChI=1S/C17H19N7O3/c1-2-24-8-13(12(23-24)6-15(19)25)21-16(26)14-9-27-17(22-14)10-3-4-20-11(5-10)7-18/h3-5,8-9H,2,6-7,18H2,1H3,(H2,19,25)(H,21,26). The van der Waals surface area contributed by atoms with E-state index in [-0.39, 0.29) is 24.6 Å². The number of carbonyl (C=O) groups excluding carboxylic acids is 2. The molecule has 140 valence electrons. The Hall–Kier alpha value is -3.53. The van der Waals surface area contributed by atoms with Crippen molar-refractivity contribution >= 4 is 17.5 Å². The normalized spacial score (nSPS) is 10.7. The minimum absolute atomic E-state index is 0.0778. The van der Waals surface area contributed by atoms with E-state index in [9.17, 15) is 9.59 Å². The summed E-state index contributed by atoms with van der Waals surface area (Å²) in [6.07, 6.45) is 4.40. The van der Waals surface area contributed by atoms with E-state index in [2.05, 4.69) is 20.4 Å². The molecule has 0 unspecified atom stereocenters. The van der Waals surface area contributed by atoms with Crippen LogP contribution in [0.5, 0.6) is 0 Å². The molecule has 3 heterocycles. The third-order valence-corrected chi connectivity index (χ3v) is 3.76. The highest BCUT2D eigenvalue weighted by Crippen LogP contribution is 2.20. The van der Waals surface area contributed by atoms with Gasteiger partial charge >= 0.3 is 0 Å². The van der Waals surface area contributed by atoms with E-state index in [1.54, 1.807) is 29.2 Å². The molecule has 0 aliphatic heterocycles. The van der Waals surface area contributed by atoms with Gasteiger partial charge in [0.1, 0.15) is 6.26 Å². The molecule has 3 rings (SSSR count). The molecule has 10 nitrogen and oxygen atoms in total. The van der Waals surface area contributed by atoms with Crippen LogP contribution in [0.1, 0.15) is 28.8 Å². The molecule has 27 heavy (non-hydrogen) atoms. The molecule has 0 bridgehead atoms. The van der Waals surface area contributed by atoms with Gasteiger partial charge in [-0.15, -0.1) is 0 Å². The number of nitrogens with two attached hydrogens (primary N) is 2. The Morgan fingerprint density at radius 2 is 2.19 bits per heavy atom. The lowest BCUT2D eigenvalue weighted by atomic mass is 10.2. The zero-order valence-electron chi connectivity index (χ0n) is 14.7. The van der Waals surface area contributed by atoms with Gasteiger partial charge in [0.15, 0.2) is 5.69 Å². The maximum atomic E-state index is 12.5. The van der Waals surface area contributed by atoms with Crippen LogP contribution in [0.3, 0.4) is 0 Å². The number of rotatable bonds is 7. The zero-order valence-corrected chi connectivity index (χ0v) is 14.7. The molecule has 0 aliphatic carbocycles. The molecule has 3 aromatic rings. The van der Waals surface area contributed by atoms with Gasteiger partial charge in [0, 0.05) is 31.0 Å². The number of nitrogens with one attached hydrogen (secondary N) is 1. The Balaban J connectivity index is 1.80. The molecule has 5 N–H and O–H groups in total. The maximum Gasteiger partial charge on any atom is 0.277 e. The molecule has 2 amide bonds. The number of primary amides is 1. The van der Waals surface area contributed by atoms with E-state index in [1.165, 1.54) is 6.26 Å². The number of pyridine rings is 1. The van der Waals surface area contributed by atoms with Crippen molar-refractivity contribution in [1.29, 1.82) is 0 Å². The van der Waals surface area contributed by atoms with E-state index in [4.69, 9.17) is 15.9 Å². The van der Waals surface area contributed by atoms with E-state index in [0.717, 1.165) is 0 Å². The second kappa shape index (κ2) is 7.79. The van der Waals surface area contributed by atoms with Crippen LogP contribution in [-0.2, 0) is 24.3 Å². The number of hydrogen-bond acceptors (Lipinski definition) is 7. The topological polar surface area (TPSA) is 155 Å². The van der Waals surface area contributed by atoms with Crippen molar-refractivity contribution in [3.05, 3.63) is 47.9 Å². The molecular formula is C17H19N7O3. The monoisotopic (exact) mass is 369 g/mol. The lowest BCUT2D eigenvalue weighted by Crippen LogP contribution is -2.17. The summed E-state index contributed by atoms with van der Waals surface area (Å²) in [5.41, 5.74) is 13.0. The average Bonchev–Trinajstić information content (AvgIpc) is 3.29. The second-order valence-corrected chi connectivity index (χ2v) is 5.72. The first kappa shape index (κ1) is 18.3. The first-order valence-corrected chi connectivity index (χ1v) is 8.27. The fourth-order valence-corrected chi connectivity index (χ4v) is 2.44. The summed E-state index contributed by atoms with van der Waals surface area (Å²) >= 11 is 0. The Morgan fingerprint density at radius 3 is 2.89 bits per heavy atom. The van der Waals surface area contributed by atoms with Crippen molar-refractivity contribution in [2.75, 3.05) is 5.32 Å². The van der Waals surface area contributed by atoms with Gasteiger partial charge in [0.2, 0.25) is 11.8 Å². The number of aryl methyl sites for hydroxylation is 1. The highest BCUT2D eigenvalue weighted by atomic mass is 16.3. The number of oxazole rings is 1. The van der Waals surface area contributed by atoms with Crippen LogP contribution < -0.4 is 16.8 Å². The highest BCUT2D eigenvalue weighted by Gasteiger charge is 2.18. The van der Waals surface area contributed by atoms with Gasteiger partial charge in [-0.2, -0.15) is 5.10 Å². The molecule has 0 atom stereocenters. The fraction of sp³-hybridized carbons (Fsp3) is 0.235. The van der Waals surface area contributed by atoms with Crippen molar-refractivity contribution in [3.8, 4) is 11.5 Å². The van der Waals surface area contributed by atoms with Crippen molar-refractivity contribution < 1.29 is 14.0 Å². The van der Waals surface area contributed by atoms with Crippen LogP contribution >= 0.6 is 0 Å². The molecule has 0 spiro atoms. The summed E-state index contributed by atoms with van der Waals surface area (Å²) in [6.45, 7) is 2.76. The maximum absolute atomic E-state index is 12.5. The third-order valence-electron chi connectivity index (χ3n) is 3.76. The van der Waals surface area contributed by atoms with Crippen molar-refractivity contribution in [2.45, 2.75) is 26.4 Å². The summed E-state index contributed by atoms with van der Waals surface area (Å²) in [6, 6.07) is 3.45. The lowest BCUT2D eigenvalue weighted by Gasteiger charge is -2.01. The minimum atomic E-state index is -0.538. The Labute approximate surface area is 154 Å². The van der Waals surface area contributed by atoms with Gasteiger partial charge in [0.25, 0.3) is 5.91 Å². The Bertz CT molecular complexity index is 977. The van der Waals surface area contributed by atoms with E-state index in [1.807, 2.05) is 6.92 Å². The van der Waals surface area contributed by atoms with Crippen LogP contribution in [-0.4, -0.2) is 31.6 Å². The minimum Gasteiger partial charge on any atom is -0.444 e. The van der Waals surface area contributed by atoms with Gasteiger partial charge in [-0.3, -0.25) is 19.3 Å². The lowest BCUT2D eigenvalue weighted by molar-refractivity contribution is -0.117. The molecule has 0 saturated carbocycles. The number of nitrogens with zero attached hydrogens (tertiary/aromatic N) is 4. The molecule has 0 radical (unpaired) electrons. The number of amides is 2. The Morgan fingerprint density at radius 1 is 1.37 bits per heavy atom. The summed E-state index contributed by atoms with van der Waals surface area (Å²) in [5, 5.41) is 6.92. The van der Waals surface area contributed by atoms with Crippen LogP contribution in [0.15, 0.2) is 35.2 Å². The molecule has 3 aromatic heterocycles. The quantitative estimate of drug-likeness (QED) is 0.553. The zero-order chi connectivity index (χ0) is 19.4. The third kappa shape index (κ3) is 4.18. The van der Waals surface area contributed by atoms with Crippen molar-refractivity contribution in [3.63, 3.8) is 0 Å². The van der Waals surface area contributed by atoms with Crippen LogP contribution in [0.4, 0.5) is 5.69 Å². The van der Waals surface area contributed by atoms with Gasteiger partial charge in [-0.05, 0) is 19.1 Å². The molecule has 0 saturated heterocycles. The smallest absolute Gasteiger partial charge is 0.277 e. The summed E-state index contributed by atoms with van der Waals surface area (Å²) in [5.74, 6) is -0.748. The van der Waals surface area contributed by atoms with Crippen molar-refractivity contribution in [1.82, 2.24) is 19.7 Å². The molecule has 0 fully saturated rings. The van der Waals surface area contributed by atoms with E-state index >= 15 is 0 Å². The van der Waals surface area contributed by atoms with E-state index < -0.39 is 11.8 Å². The fourth-order valence-electron chi connectivity index (χ4n) is 2.44. The van der Waals surface area contributed by atoms with Gasteiger partial charge in [-0.1, -0.05) is 0 Å². The summed E-state index contributed by atoms with van der Waals surface area (Å²) in [7, 11) is 0. The summed E-state index contributed by atoms with van der Waals surface area (Å²) < 4.78 is 7.00. The van der Waals surface area contributed by atoms with Gasteiger partial charge in [-0.25, -0.2) is 4.98 Å². The van der Waals surface area contributed by atoms with E-state index in [0.29, 0.717) is 29.2 Å². The summed E-state index contributed by atoms with van der Waals surface area (Å²) in [4.78, 5) is 32.0. The first-order valence-electron chi connectivity index (χ1n) is 8.27. The number of aromatic nitrogens is 4. The van der Waals surface area contributed by atoms with Gasteiger partial charge in [0.05, 0.1) is 23.5 Å². The average molecular weight is 369 g/mol. The van der Waals surface area contributed by atoms with Crippen molar-refractivity contribution in [2.24, 2.45) is 11.5 Å². The SMILES string of the molecule is CCn1cc(NC(=O)c2coc(-c3ccnc(CN)c3)n2)c(CC(N)=O)n1. The number of anilines is 1. The van der Waals surface area contributed by atoms with Crippen LogP contribution in [0, 0.1) is 0 Å². The first-order chi connectivity index (χ1) is 13.0. The molecule has 0 aromatic carbocycles. The molecule has 10 heteroatoms. The van der Waals surface area contributed by atoms with Crippen LogP contribution in [0.25, 0.3) is 11.5 Å². The van der Waals surface area contributed by atoms with Gasteiger partial charge < -0.3 is 21.2 Å². The molecular weight excluding hydrogens is 350 g/mol. The van der Waals surface area contributed by atoms with Crippen LogP contribution in [0.2, 0.25) is 0 Å². The number of carbonyl (C=O) groups is 2. The second-order valence-electron chi connectivity index (χ2n) is 5.72. The predicted octanol–water partition coefficient (Wildman–Crippen LogP) is 0.692.